The summed E-state index contributed by atoms with van der Waals surface area (Å²) < 4.78 is 6.74. The highest BCUT2D eigenvalue weighted by Gasteiger charge is 2.21. The Morgan fingerprint density at radius 2 is 2.26 bits per heavy atom. The van der Waals surface area contributed by atoms with Crippen LogP contribution in [0.25, 0.3) is 10.1 Å². The van der Waals surface area contributed by atoms with E-state index in [0.717, 1.165) is 19.3 Å². The van der Waals surface area contributed by atoms with Crippen molar-refractivity contribution in [2.45, 2.75) is 31.9 Å². The molecule has 0 spiro atoms. The Morgan fingerprint density at radius 1 is 1.37 bits per heavy atom. The van der Waals surface area contributed by atoms with Crippen LogP contribution in [0.5, 0.6) is 0 Å². The molecule has 0 bridgehead atoms. The van der Waals surface area contributed by atoms with Gasteiger partial charge in [0.1, 0.15) is 6.10 Å². The minimum Gasteiger partial charge on any atom is -0.368 e. The van der Waals surface area contributed by atoms with E-state index in [2.05, 4.69) is 23.5 Å². The zero-order valence-corrected chi connectivity index (χ0v) is 11.5. The molecule has 1 saturated heterocycles. The molecule has 100 valence electrons. The van der Waals surface area contributed by atoms with Crippen molar-refractivity contribution in [2.24, 2.45) is 0 Å². The zero-order valence-electron chi connectivity index (χ0n) is 10.7. The number of carbonyl (C=O) groups excluding carboxylic acids is 1. The molecule has 1 unspecified atom stereocenters. The third-order valence-corrected chi connectivity index (χ3v) is 4.50. The van der Waals surface area contributed by atoms with Crippen LogP contribution in [0, 0.1) is 0 Å². The second kappa shape index (κ2) is 5.72. The molecule has 1 aromatic heterocycles. The molecule has 1 aromatic carbocycles. The van der Waals surface area contributed by atoms with Gasteiger partial charge in [0.15, 0.2) is 0 Å². The maximum absolute atomic E-state index is 12.0. The van der Waals surface area contributed by atoms with E-state index in [-0.39, 0.29) is 12.0 Å². The normalized spacial score (nSPS) is 19.5. The Kier molecular flexibility index (Phi) is 3.80. The fourth-order valence-corrected chi connectivity index (χ4v) is 3.36. The number of carbonyl (C=O) groups is 1. The summed E-state index contributed by atoms with van der Waals surface area (Å²) >= 11 is 1.73. The third kappa shape index (κ3) is 2.96. The summed E-state index contributed by atoms with van der Waals surface area (Å²) in [4.78, 5) is 13.1. The van der Waals surface area contributed by atoms with Gasteiger partial charge in [-0.25, -0.2) is 0 Å². The lowest BCUT2D eigenvalue weighted by Gasteiger charge is -2.21. The number of hydrogen-bond acceptors (Lipinski definition) is 3. The molecule has 3 nitrogen and oxygen atoms in total. The Balaban J connectivity index is 1.60. The van der Waals surface area contributed by atoms with Crippen molar-refractivity contribution in [1.82, 2.24) is 5.32 Å². The van der Waals surface area contributed by atoms with Gasteiger partial charge in [0.05, 0.1) is 6.54 Å². The van der Waals surface area contributed by atoms with Crippen LogP contribution >= 0.6 is 11.3 Å². The van der Waals surface area contributed by atoms with Gasteiger partial charge in [0.2, 0.25) is 5.91 Å². The molecule has 4 heteroatoms. The summed E-state index contributed by atoms with van der Waals surface area (Å²) in [7, 11) is 0. The Labute approximate surface area is 116 Å². The van der Waals surface area contributed by atoms with E-state index in [1.807, 2.05) is 12.1 Å². The predicted molar refractivity (Wildman–Crippen MR) is 77.3 cm³/mol. The van der Waals surface area contributed by atoms with Crippen LogP contribution in [0.15, 0.2) is 30.3 Å². The maximum atomic E-state index is 12.0. The molecule has 3 rings (SSSR count). The number of nitrogens with one attached hydrogen (secondary N) is 1. The van der Waals surface area contributed by atoms with Crippen LogP contribution in [0.3, 0.4) is 0 Å². The van der Waals surface area contributed by atoms with Gasteiger partial charge < -0.3 is 10.1 Å². The number of fused-ring (bicyclic) bond motifs is 1. The van der Waals surface area contributed by atoms with Gasteiger partial charge in [-0.3, -0.25) is 4.79 Å². The summed E-state index contributed by atoms with van der Waals surface area (Å²) in [5, 5.41) is 4.22. The largest absolute Gasteiger partial charge is 0.368 e. The number of thiophene rings is 1. The molecule has 0 saturated carbocycles. The van der Waals surface area contributed by atoms with Crippen molar-refractivity contribution in [3.63, 3.8) is 0 Å². The predicted octanol–water partition coefficient (Wildman–Crippen LogP) is 3.09. The second-order valence-electron chi connectivity index (χ2n) is 4.82. The molecule has 0 aliphatic carbocycles. The molecule has 2 heterocycles. The van der Waals surface area contributed by atoms with Gasteiger partial charge in [-0.15, -0.1) is 11.3 Å². The van der Waals surface area contributed by atoms with E-state index >= 15 is 0 Å². The van der Waals surface area contributed by atoms with E-state index in [9.17, 15) is 4.79 Å². The summed E-state index contributed by atoms with van der Waals surface area (Å²) in [6.45, 7) is 1.30. The van der Waals surface area contributed by atoms with Crippen molar-refractivity contribution in [2.75, 3.05) is 6.61 Å². The minimum atomic E-state index is -0.247. The van der Waals surface area contributed by atoms with Crippen molar-refractivity contribution in [1.29, 1.82) is 0 Å². The Morgan fingerprint density at radius 3 is 3.05 bits per heavy atom. The molecule has 19 heavy (non-hydrogen) atoms. The lowest BCUT2D eigenvalue weighted by atomic mass is 10.1. The molecule has 1 N–H and O–H groups in total. The monoisotopic (exact) mass is 275 g/mol. The quantitative estimate of drug-likeness (QED) is 0.935. The van der Waals surface area contributed by atoms with Crippen molar-refractivity contribution in [3.05, 3.63) is 35.2 Å². The van der Waals surface area contributed by atoms with E-state index in [4.69, 9.17) is 4.74 Å². The molecule has 0 radical (unpaired) electrons. The highest BCUT2D eigenvalue weighted by molar-refractivity contribution is 7.19. The topological polar surface area (TPSA) is 38.3 Å². The first-order chi connectivity index (χ1) is 9.33. The average molecular weight is 275 g/mol. The van der Waals surface area contributed by atoms with Crippen molar-refractivity contribution < 1.29 is 9.53 Å². The summed E-state index contributed by atoms with van der Waals surface area (Å²) in [5.41, 5.74) is 0. The number of ether oxygens (including phenoxy) is 1. The van der Waals surface area contributed by atoms with Crippen LogP contribution in [0.4, 0.5) is 0 Å². The van der Waals surface area contributed by atoms with E-state index in [1.165, 1.54) is 15.0 Å². The van der Waals surface area contributed by atoms with Crippen molar-refractivity contribution in [3.8, 4) is 0 Å². The molecule has 2 aromatic rings. The van der Waals surface area contributed by atoms with Gasteiger partial charge in [-0.05, 0) is 36.8 Å². The van der Waals surface area contributed by atoms with Gasteiger partial charge in [0.25, 0.3) is 0 Å². The molecular formula is C15H17NO2S. The smallest absolute Gasteiger partial charge is 0.249 e. The number of benzene rings is 1. The Bertz CT molecular complexity index is 539. The minimum absolute atomic E-state index is 0.0251. The van der Waals surface area contributed by atoms with E-state index in [1.54, 1.807) is 11.3 Å². The third-order valence-electron chi connectivity index (χ3n) is 3.39. The first kappa shape index (κ1) is 12.6. The standard InChI is InChI=1S/C15H17NO2S/c17-15(13-6-3-4-8-18-13)16-10-12-9-11-5-1-2-7-14(11)19-12/h1-2,5,7,9,13H,3-4,6,8,10H2,(H,16,17). The molecule has 1 amide bonds. The second-order valence-corrected chi connectivity index (χ2v) is 5.99. The lowest BCUT2D eigenvalue weighted by Crippen LogP contribution is -2.37. The fourth-order valence-electron chi connectivity index (χ4n) is 2.36. The fraction of sp³-hybridized carbons (Fsp3) is 0.400. The van der Waals surface area contributed by atoms with Gasteiger partial charge in [-0.2, -0.15) is 0 Å². The average Bonchev–Trinajstić information content (AvgIpc) is 2.88. The van der Waals surface area contributed by atoms with Gasteiger partial charge in [-0.1, -0.05) is 18.2 Å². The number of rotatable bonds is 3. The molecule has 1 aliphatic rings. The summed E-state index contributed by atoms with van der Waals surface area (Å²) in [6.07, 6.45) is 2.75. The summed E-state index contributed by atoms with van der Waals surface area (Å²) in [5.74, 6) is 0.0251. The highest BCUT2D eigenvalue weighted by Crippen LogP contribution is 2.25. The molecule has 1 fully saturated rings. The number of amides is 1. The first-order valence-electron chi connectivity index (χ1n) is 6.70. The maximum Gasteiger partial charge on any atom is 0.249 e. The molecule has 1 atom stereocenters. The highest BCUT2D eigenvalue weighted by atomic mass is 32.1. The van der Waals surface area contributed by atoms with Gasteiger partial charge in [0, 0.05) is 16.2 Å². The zero-order chi connectivity index (χ0) is 13.1. The van der Waals surface area contributed by atoms with E-state index in [0.29, 0.717) is 13.2 Å². The summed E-state index contributed by atoms with van der Waals surface area (Å²) in [6, 6.07) is 10.4. The van der Waals surface area contributed by atoms with Crippen LogP contribution in [0.1, 0.15) is 24.1 Å². The van der Waals surface area contributed by atoms with Crippen LogP contribution < -0.4 is 5.32 Å². The van der Waals surface area contributed by atoms with Gasteiger partial charge >= 0.3 is 0 Å². The molecular weight excluding hydrogens is 258 g/mol. The van der Waals surface area contributed by atoms with E-state index < -0.39 is 0 Å². The van der Waals surface area contributed by atoms with Crippen molar-refractivity contribution >= 4 is 27.3 Å². The van der Waals surface area contributed by atoms with Crippen LogP contribution in [-0.2, 0) is 16.1 Å². The van der Waals surface area contributed by atoms with Crippen LogP contribution in [0.2, 0.25) is 0 Å². The molecule has 1 aliphatic heterocycles. The SMILES string of the molecule is O=C(NCc1cc2ccccc2s1)C1CCCCO1. The number of hydrogen-bond donors (Lipinski definition) is 1. The van der Waals surface area contributed by atoms with Crippen LogP contribution in [-0.4, -0.2) is 18.6 Å². The first-order valence-corrected chi connectivity index (χ1v) is 7.51. The lowest BCUT2D eigenvalue weighted by molar-refractivity contribution is -0.135. The Hall–Kier alpha value is -1.39.